The Morgan fingerprint density at radius 1 is 1.28 bits per heavy atom. The first-order valence-corrected chi connectivity index (χ1v) is 6.98. The number of sulfonamides is 1. The maximum atomic E-state index is 11.7. The number of benzene rings is 1. The van der Waals surface area contributed by atoms with Crippen LogP contribution in [0.15, 0.2) is 24.3 Å². The molecule has 0 saturated carbocycles. The zero-order valence-electron chi connectivity index (χ0n) is 9.92. The first-order chi connectivity index (χ1) is 8.46. The summed E-state index contributed by atoms with van der Waals surface area (Å²) in [4.78, 5) is 0. The Morgan fingerprint density at radius 3 is 2.39 bits per heavy atom. The van der Waals surface area contributed by atoms with Crippen molar-refractivity contribution in [2.24, 2.45) is 5.92 Å². The molecule has 5 nitrogen and oxygen atoms in total. The summed E-state index contributed by atoms with van der Waals surface area (Å²) in [6, 6.07) is 10.3. The third kappa shape index (κ3) is 4.54. The maximum absolute atomic E-state index is 11.7. The van der Waals surface area contributed by atoms with Gasteiger partial charge in [-0.2, -0.15) is 10.5 Å². The van der Waals surface area contributed by atoms with Gasteiger partial charge in [0.25, 0.3) is 0 Å². The van der Waals surface area contributed by atoms with E-state index in [1.165, 1.54) is 0 Å². The molecule has 0 aliphatic heterocycles. The summed E-state index contributed by atoms with van der Waals surface area (Å²) in [5.74, 6) is -0.516. The van der Waals surface area contributed by atoms with E-state index in [-0.39, 0.29) is 18.2 Å². The lowest BCUT2D eigenvalue weighted by atomic mass is 10.2. The van der Waals surface area contributed by atoms with Crippen LogP contribution in [0.1, 0.15) is 18.1 Å². The summed E-state index contributed by atoms with van der Waals surface area (Å²) in [6.45, 7) is 1.75. The zero-order chi connectivity index (χ0) is 13.6. The highest BCUT2D eigenvalue weighted by Gasteiger charge is 2.12. The molecule has 6 heteroatoms. The van der Waals surface area contributed by atoms with Gasteiger partial charge in [0.2, 0.25) is 10.0 Å². The second-order valence-electron chi connectivity index (χ2n) is 3.95. The van der Waals surface area contributed by atoms with Crippen molar-refractivity contribution in [2.45, 2.75) is 12.7 Å². The van der Waals surface area contributed by atoms with E-state index in [0.717, 1.165) is 0 Å². The fourth-order valence-electron chi connectivity index (χ4n) is 1.24. The highest BCUT2D eigenvalue weighted by Crippen LogP contribution is 2.07. The van der Waals surface area contributed by atoms with Gasteiger partial charge in [0.15, 0.2) is 0 Å². The summed E-state index contributed by atoms with van der Waals surface area (Å²) in [5, 5.41) is 17.2. The summed E-state index contributed by atoms with van der Waals surface area (Å²) < 4.78 is 25.8. The minimum absolute atomic E-state index is 0.106. The van der Waals surface area contributed by atoms with E-state index in [4.69, 9.17) is 10.5 Å². The Labute approximate surface area is 107 Å². The molecule has 1 N–H and O–H groups in total. The molecule has 1 aromatic carbocycles. The van der Waals surface area contributed by atoms with Crippen molar-refractivity contribution in [3.8, 4) is 12.1 Å². The second kappa shape index (κ2) is 6.15. The summed E-state index contributed by atoms with van der Waals surface area (Å²) in [5.41, 5.74) is 1.09. The molecule has 0 heterocycles. The fourth-order valence-corrected chi connectivity index (χ4v) is 2.48. The van der Waals surface area contributed by atoms with Crippen molar-refractivity contribution in [3.63, 3.8) is 0 Å². The van der Waals surface area contributed by atoms with E-state index >= 15 is 0 Å². The lowest BCUT2D eigenvalue weighted by molar-refractivity contribution is 0.572. The SMILES string of the molecule is CC(C#N)CNS(=O)(=O)Cc1ccc(C#N)cc1. The number of nitrogens with one attached hydrogen (secondary N) is 1. The van der Waals surface area contributed by atoms with Crippen LogP contribution < -0.4 is 4.72 Å². The molecule has 0 amide bonds. The smallest absolute Gasteiger partial charge is 0.214 e. The number of hydrogen-bond acceptors (Lipinski definition) is 4. The van der Waals surface area contributed by atoms with Gasteiger partial charge in [-0.05, 0) is 24.6 Å². The van der Waals surface area contributed by atoms with Crippen molar-refractivity contribution >= 4 is 10.0 Å². The molecule has 0 aromatic heterocycles. The quantitative estimate of drug-likeness (QED) is 0.861. The Morgan fingerprint density at radius 2 is 1.89 bits per heavy atom. The fraction of sp³-hybridized carbons (Fsp3) is 0.333. The van der Waals surface area contributed by atoms with E-state index < -0.39 is 10.0 Å². The Bertz CT molecular complexity index is 579. The zero-order valence-corrected chi connectivity index (χ0v) is 10.7. The van der Waals surface area contributed by atoms with Gasteiger partial charge in [-0.3, -0.25) is 0 Å². The molecule has 0 spiro atoms. The van der Waals surface area contributed by atoms with Gasteiger partial charge in [0.1, 0.15) is 0 Å². The third-order valence-corrected chi connectivity index (χ3v) is 3.59. The molecule has 0 saturated heterocycles. The van der Waals surface area contributed by atoms with E-state index in [2.05, 4.69) is 4.72 Å². The van der Waals surface area contributed by atoms with Gasteiger partial charge in [-0.1, -0.05) is 12.1 Å². The van der Waals surface area contributed by atoms with Crippen molar-refractivity contribution in [3.05, 3.63) is 35.4 Å². The third-order valence-electron chi connectivity index (χ3n) is 2.27. The molecule has 1 atom stereocenters. The molecule has 0 aliphatic carbocycles. The van der Waals surface area contributed by atoms with Crippen molar-refractivity contribution < 1.29 is 8.42 Å². The highest BCUT2D eigenvalue weighted by atomic mass is 32.2. The van der Waals surface area contributed by atoms with Crippen LogP contribution >= 0.6 is 0 Å². The highest BCUT2D eigenvalue weighted by molar-refractivity contribution is 7.88. The molecule has 1 aromatic rings. The van der Waals surface area contributed by atoms with Gasteiger partial charge in [0.05, 0.1) is 29.4 Å². The number of nitriles is 2. The van der Waals surface area contributed by atoms with Gasteiger partial charge in [-0.15, -0.1) is 0 Å². The van der Waals surface area contributed by atoms with E-state index in [9.17, 15) is 8.42 Å². The standard InChI is InChI=1S/C12H13N3O2S/c1-10(6-13)8-15-18(16,17)9-12-4-2-11(7-14)3-5-12/h2-5,10,15H,8-9H2,1H3. The van der Waals surface area contributed by atoms with Crippen LogP contribution in [0.3, 0.4) is 0 Å². The Hall–Kier alpha value is -1.89. The molecule has 1 unspecified atom stereocenters. The van der Waals surface area contributed by atoms with Crippen molar-refractivity contribution in [1.29, 1.82) is 10.5 Å². The van der Waals surface area contributed by atoms with Crippen molar-refractivity contribution in [1.82, 2.24) is 4.72 Å². The monoisotopic (exact) mass is 263 g/mol. The van der Waals surface area contributed by atoms with Gasteiger partial charge in [-0.25, -0.2) is 13.1 Å². The predicted octanol–water partition coefficient (Wildman–Crippen LogP) is 1.14. The average Bonchev–Trinajstić information content (AvgIpc) is 2.36. The maximum Gasteiger partial charge on any atom is 0.215 e. The molecule has 0 fully saturated rings. The molecular weight excluding hydrogens is 250 g/mol. The summed E-state index contributed by atoms with van der Waals surface area (Å²) in [7, 11) is -3.44. The van der Waals surface area contributed by atoms with Crippen LogP contribution in [0.5, 0.6) is 0 Å². The van der Waals surface area contributed by atoms with Crippen LogP contribution in [-0.2, 0) is 15.8 Å². The minimum Gasteiger partial charge on any atom is -0.214 e. The van der Waals surface area contributed by atoms with E-state index in [1.807, 2.05) is 12.1 Å². The van der Waals surface area contributed by atoms with Crippen LogP contribution in [0, 0.1) is 28.6 Å². The van der Waals surface area contributed by atoms with Gasteiger partial charge in [0, 0.05) is 6.54 Å². The Kier molecular flexibility index (Phi) is 4.85. The predicted molar refractivity (Wildman–Crippen MR) is 66.6 cm³/mol. The molecule has 1 rings (SSSR count). The molecule has 18 heavy (non-hydrogen) atoms. The topological polar surface area (TPSA) is 93.8 Å². The molecule has 0 radical (unpaired) electrons. The summed E-state index contributed by atoms with van der Waals surface area (Å²) in [6.07, 6.45) is 0. The normalized spacial score (nSPS) is 12.4. The van der Waals surface area contributed by atoms with Crippen molar-refractivity contribution in [2.75, 3.05) is 6.54 Å². The number of nitrogens with zero attached hydrogens (tertiary/aromatic N) is 2. The van der Waals surface area contributed by atoms with Crippen LogP contribution in [0.25, 0.3) is 0 Å². The lowest BCUT2D eigenvalue weighted by Crippen LogP contribution is -2.29. The lowest BCUT2D eigenvalue weighted by Gasteiger charge is -2.07. The first-order valence-electron chi connectivity index (χ1n) is 5.33. The second-order valence-corrected chi connectivity index (χ2v) is 5.75. The first kappa shape index (κ1) is 14.2. The molecule has 0 aliphatic rings. The number of hydrogen-bond donors (Lipinski definition) is 1. The van der Waals surface area contributed by atoms with E-state index in [0.29, 0.717) is 11.1 Å². The average molecular weight is 263 g/mol. The van der Waals surface area contributed by atoms with Crippen LogP contribution in [0.4, 0.5) is 0 Å². The summed E-state index contributed by atoms with van der Waals surface area (Å²) >= 11 is 0. The Balaban J connectivity index is 2.65. The number of rotatable bonds is 5. The van der Waals surface area contributed by atoms with Crippen LogP contribution in [-0.4, -0.2) is 15.0 Å². The molecular formula is C12H13N3O2S. The van der Waals surface area contributed by atoms with Gasteiger partial charge < -0.3 is 0 Å². The van der Waals surface area contributed by atoms with E-state index in [1.54, 1.807) is 31.2 Å². The van der Waals surface area contributed by atoms with Crippen LogP contribution in [0.2, 0.25) is 0 Å². The minimum atomic E-state index is -3.44. The molecule has 0 bridgehead atoms. The molecule has 94 valence electrons. The largest absolute Gasteiger partial charge is 0.215 e. The van der Waals surface area contributed by atoms with Gasteiger partial charge >= 0.3 is 0 Å².